The second kappa shape index (κ2) is 4.74. The smallest absolute Gasteiger partial charge is 0.352 e. The Labute approximate surface area is 124 Å². The maximum absolute atomic E-state index is 11.8. The monoisotopic (exact) mass is 308 g/mol. The zero-order chi connectivity index (χ0) is 15.3. The number of esters is 1. The molecule has 0 aliphatic carbocycles. The number of thioether (sulfide) groups is 1. The molecule has 0 aromatic carbocycles. The second-order valence-electron chi connectivity index (χ2n) is 4.88. The number of hydrogen-bond donors (Lipinski definition) is 2. The summed E-state index contributed by atoms with van der Waals surface area (Å²) in [5.41, 5.74) is 6.45. The lowest BCUT2D eigenvalue weighted by molar-refractivity contribution is -0.147. The van der Waals surface area contributed by atoms with Crippen LogP contribution in [0.2, 0.25) is 0 Å². The van der Waals surface area contributed by atoms with E-state index in [1.165, 1.54) is 28.8 Å². The van der Waals surface area contributed by atoms with Gasteiger partial charge < -0.3 is 15.6 Å². The molecule has 0 bridgehead atoms. The number of carbonyl (C=O) groups excluding carboxylic acids is 2. The third kappa shape index (κ3) is 2.07. The molecule has 21 heavy (non-hydrogen) atoms. The van der Waals surface area contributed by atoms with Gasteiger partial charge in [-0.25, -0.2) is 9.59 Å². The number of carboxylic acids is 1. The first-order valence-electron chi connectivity index (χ1n) is 6.19. The van der Waals surface area contributed by atoms with Gasteiger partial charge in [0.15, 0.2) is 0 Å². The number of ether oxygens (including phenoxy) is 1. The van der Waals surface area contributed by atoms with E-state index in [-0.39, 0.29) is 16.8 Å². The summed E-state index contributed by atoms with van der Waals surface area (Å²) in [7, 11) is 0. The quantitative estimate of drug-likeness (QED) is 0.544. The van der Waals surface area contributed by atoms with Crippen molar-refractivity contribution < 1.29 is 24.2 Å². The average molecular weight is 308 g/mol. The Balaban J connectivity index is 2.00. The van der Waals surface area contributed by atoms with Gasteiger partial charge in [0.2, 0.25) is 5.91 Å². The Morgan fingerprint density at radius 3 is 2.86 bits per heavy atom. The van der Waals surface area contributed by atoms with Crippen LogP contribution >= 0.6 is 11.8 Å². The summed E-state index contributed by atoms with van der Waals surface area (Å²) in [6.45, 7) is 1.61. The molecule has 3 aliphatic rings. The summed E-state index contributed by atoms with van der Waals surface area (Å²) in [6, 6.07) is -0.662. The highest BCUT2D eigenvalue weighted by atomic mass is 32.2. The molecule has 0 aromatic heterocycles. The summed E-state index contributed by atoms with van der Waals surface area (Å²) >= 11 is 1.39. The number of fused-ring (bicyclic) bond motifs is 1. The van der Waals surface area contributed by atoms with Gasteiger partial charge in [-0.2, -0.15) is 0 Å². The number of carbonyl (C=O) groups is 3. The Kier molecular flexibility index (Phi) is 3.14. The Bertz CT molecular complexity index is 663. The molecule has 3 rings (SSSR count). The first-order valence-corrected chi connectivity index (χ1v) is 7.24. The predicted molar refractivity (Wildman–Crippen MR) is 73.7 cm³/mol. The fraction of sp³-hybridized carbons (Fsp3) is 0.308. The number of aliphatic carboxylic acids is 1. The topological polar surface area (TPSA) is 110 Å². The highest BCUT2D eigenvalue weighted by Gasteiger charge is 2.51. The number of cyclic esters (lactones) is 1. The lowest BCUT2D eigenvalue weighted by Gasteiger charge is -2.47. The minimum atomic E-state index is -1.20. The van der Waals surface area contributed by atoms with Gasteiger partial charge in [-0.1, -0.05) is 0 Å². The molecule has 8 heteroatoms. The van der Waals surface area contributed by atoms with E-state index in [1.807, 2.05) is 0 Å². The van der Waals surface area contributed by atoms with E-state index in [2.05, 4.69) is 0 Å². The largest absolute Gasteiger partial charge is 0.477 e. The lowest BCUT2D eigenvalue weighted by atomic mass is 10.0. The van der Waals surface area contributed by atoms with Crippen LogP contribution in [0.15, 0.2) is 34.8 Å². The molecule has 2 atom stereocenters. The van der Waals surface area contributed by atoms with Gasteiger partial charge in [-0.15, -0.1) is 11.8 Å². The molecule has 0 unspecified atom stereocenters. The van der Waals surface area contributed by atoms with Crippen LogP contribution in [0.5, 0.6) is 0 Å². The highest BCUT2D eigenvalue weighted by Crippen LogP contribution is 2.40. The van der Waals surface area contributed by atoms with Crippen LogP contribution in [0.3, 0.4) is 0 Å². The van der Waals surface area contributed by atoms with Crippen molar-refractivity contribution in [1.82, 2.24) is 4.90 Å². The fourth-order valence-electron chi connectivity index (χ4n) is 2.38. The maximum Gasteiger partial charge on any atom is 0.352 e. The van der Waals surface area contributed by atoms with Crippen molar-refractivity contribution >= 4 is 29.6 Å². The van der Waals surface area contributed by atoms with Crippen LogP contribution in [0.4, 0.5) is 0 Å². The Morgan fingerprint density at radius 2 is 2.29 bits per heavy atom. The number of rotatable bonds is 2. The van der Waals surface area contributed by atoms with Crippen molar-refractivity contribution in [3.8, 4) is 0 Å². The van der Waals surface area contributed by atoms with Crippen LogP contribution in [0, 0.1) is 0 Å². The van der Waals surface area contributed by atoms with Crippen LogP contribution in [-0.2, 0) is 19.1 Å². The average Bonchev–Trinajstić information content (AvgIpc) is 2.75. The molecule has 0 saturated carbocycles. The molecular formula is C13H12N2O5S. The predicted octanol–water partition coefficient (Wildman–Crippen LogP) is -0.0455. The third-order valence-corrected chi connectivity index (χ3v) is 4.77. The summed E-state index contributed by atoms with van der Waals surface area (Å²) in [5, 5.41) is 9.02. The van der Waals surface area contributed by atoms with Gasteiger partial charge in [0, 0.05) is 11.3 Å². The zero-order valence-electron chi connectivity index (χ0n) is 11.0. The van der Waals surface area contributed by atoms with Crippen molar-refractivity contribution in [2.45, 2.75) is 18.3 Å². The minimum absolute atomic E-state index is 0.0908. The standard InChI is InChI=1S/C13H12N2O5S/c1-5-2-7(20-13(5)19)3-6-4-21-11-8(14)10(16)15(11)9(6)12(17)18/h2-3,8,11H,4,14H2,1H3,(H,17,18)/b7-3+/t8-,11+/m1/s1. The van der Waals surface area contributed by atoms with Crippen molar-refractivity contribution in [1.29, 1.82) is 0 Å². The first kappa shape index (κ1) is 13.9. The molecule has 3 N–H and O–H groups in total. The van der Waals surface area contributed by atoms with E-state index in [4.69, 9.17) is 10.5 Å². The van der Waals surface area contributed by atoms with Gasteiger partial charge >= 0.3 is 11.9 Å². The van der Waals surface area contributed by atoms with Crippen molar-refractivity contribution in [3.05, 3.63) is 34.8 Å². The van der Waals surface area contributed by atoms with Crippen LogP contribution in [-0.4, -0.2) is 45.0 Å². The second-order valence-corrected chi connectivity index (χ2v) is 5.98. The number of allylic oxidation sites excluding steroid dienone is 2. The Hall–Kier alpha value is -2.06. The van der Waals surface area contributed by atoms with Gasteiger partial charge in [0.25, 0.3) is 0 Å². The third-order valence-electron chi connectivity index (χ3n) is 3.45. The highest BCUT2D eigenvalue weighted by molar-refractivity contribution is 8.00. The van der Waals surface area contributed by atoms with Gasteiger partial charge in [0.05, 0.1) is 0 Å². The van der Waals surface area contributed by atoms with Gasteiger partial charge in [-0.3, -0.25) is 9.69 Å². The molecule has 1 fully saturated rings. The molecule has 0 spiro atoms. The molecule has 7 nitrogen and oxygen atoms in total. The molecule has 110 valence electrons. The van der Waals surface area contributed by atoms with Crippen molar-refractivity contribution in [2.24, 2.45) is 5.73 Å². The van der Waals surface area contributed by atoms with Crippen LogP contribution in [0.25, 0.3) is 0 Å². The fourth-order valence-corrected chi connectivity index (χ4v) is 3.64. The minimum Gasteiger partial charge on any atom is -0.477 e. The number of carboxylic acid groups (broad SMARTS) is 1. The summed E-state index contributed by atoms with van der Waals surface area (Å²) < 4.78 is 5.00. The lowest BCUT2D eigenvalue weighted by Crippen LogP contribution is -2.68. The summed E-state index contributed by atoms with van der Waals surface area (Å²) in [5.74, 6) is -1.39. The summed E-state index contributed by atoms with van der Waals surface area (Å²) in [4.78, 5) is 35.7. The van der Waals surface area contributed by atoms with E-state index in [0.717, 1.165) is 0 Å². The molecule has 3 aliphatic heterocycles. The van der Waals surface area contributed by atoms with E-state index in [0.29, 0.717) is 16.9 Å². The molecule has 3 heterocycles. The number of amides is 1. The number of nitrogens with zero attached hydrogens (tertiary/aromatic N) is 1. The normalized spacial score (nSPS) is 30.1. The Morgan fingerprint density at radius 1 is 1.57 bits per heavy atom. The number of nitrogens with two attached hydrogens (primary N) is 1. The van der Waals surface area contributed by atoms with E-state index in [1.54, 1.807) is 6.92 Å². The number of hydrogen-bond acceptors (Lipinski definition) is 6. The summed E-state index contributed by atoms with van der Waals surface area (Å²) in [6.07, 6.45) is 3.02. The molecule has 0 aromatic rings. The SMILES string of the molecule is CC1=C/C(=C\C2=C(C(=O)O)N3C(=O)[C@@H](N)[C@@H]3SC2)OC1=O. The molecule has 0 radical (unpaired) electrons. The zero-order valence-corrected chi connectivity index (χ0v) is 11.8. The van der Waals surface area contributed by atoms with E-state index in [9.17, 15) is 19.5 Å². The van der Waals surface area contributed by atoms with Gasteiger partial charge in [-0.05, 0) is 24.6 Å². The van der Waals surface area contributed by atoms with E-state index < -0.39 is 23.9 Å². The van der Waals surface area contributed by atoms with Gasteiger partial charge in [0.1, 0.15) is 22.9 Å². The van der Waals surface area contributed by atoms with Crippen molar-refractivity contribution in [3.63, 3.8) is 0 Å². The van der Waals surface area contributed by atoms with Crippen LogP contribution < -0.4 is 5.73 Å². The molecule has 1 amide bonds. The van der Waals surface area contributed by atoms with Crippen molar-refractivity contribution in [2.75, 3.05) is 5.75 Å². The van der Waals surface area contributed by atoms with Crippen LogP contribution in [0.1, 0.15) is 6.92 Å². The maximum atomic E-state index is 11.8. The molecular weight excluding hydrogens is 296 g/mol. The number of β-lactam (4-membered cyclic amide) rings is 1. The van der Waals surface area contributed by atoms with E-state index >= 15 is 0 Å². The molecule has 1 saturated heterocycles. The first-order chi connectivity index (χ1) is 9.90.